The fourth-order valence-electron chi connectivity index (χ4n) is 5.33. The highest BCUT2D eigenvalue weighted by molar-refractivity contribution is 7.89. The number of hydrogen-bond acceptors (Lipinski definition) is 7. The van der Waals surface area contributed by atoms with Gasteiger partial charge in [0, 0.05) is 25.7 Å². The first-order valence-electron chi connectivity index (χ1n) is 11.2. The van der Waals surface area contributed by atoms with E-state index in [-0.39, 0.29) is 41.4 Å². The van der Waals surface area contributed by atoms with Gasteiger partial charge in [-0.05, 0) is 50.9 Å². The molecule has 3 aliphatic heterocycles. The molecule has 2 amide bonds. The number of likely N-dealkylation sites (tertiary alicyclic amines) is 3. The van der Waals surface area contributed by atoms with Crippen LogP contribution in [0.2, 0.25) is 0 Å². The highest BCUT2D eigenvalue weighted by atomic mass is 32.2. The summed E-state index contributed by atoms with van der Waals surface area (Å²) in [7, 11) is -2.21. The third-order valence-corrected chi connectivity index (χ3v) is 8.50. The van der Waals surface area contributed by atoms with Gasteiger partial charge in [0.25, 0.3) is 0 Å². The second-order valence-corrected chi connectivity index (χ2v) is 10.9. The third kappa shape index (κ3) is 4.24. The van der Waals surface area contributed by atoms with Crippen LogP contribution in [0.15, 0.2) is 29.2 Å². The fraction of sp³-hybridized carbons (Fsp3) is 0.591. The van der Waals surface area contributed by atoms with Gasteiger partial charge >= 0.3 is 0 Å². The summed E-state index contributed by atoms with van der Waals surface area (Å²) >= 11 is 0. The van der Waals surface area contributed by atoms with Crippen LogP contribution in [0.1, 0.15) is 37.8 Å². The number of rotatable bonds is 7. The van der Waals surface area contributed by atoms with E-state index in [2.05, 4.69) is 10.8 Å². The molecule has 1 aromatic rings. The Morgan fingerprint density at radius 3 is 2.82 bits per heavy atom. The van der Waals surface area contributed by atoms with E-state index in [4.69, 9.17) is 5.73 Å². The number of sulfonamides is 1. The molecule has 3 fully saturated rings. The Morgan fingerprint density at radius 1 is 1.39 bits per heavy atom. The number of benzene rings is 1. The van der Waals surface area contributed by atoms with Crippen molar-refractivity contribution < 1.29 is 18.0 Å². The average Bonchev–Trinajstić information content (AvgIpc) is 3.52. The predicted molar refractivity (Wildman–Crippen MR) is 120 cm³/mol. The van der Waals surface area contributed by atoms with Crippen LogP contribution in [0.5, 0.6) is 0 Å². The largest absolute Gasteiger partial charge is 0.330 e. The number of nitrogens with one attached hydrogen (secondary N) is 1. The molecule has 11 heteroatoms. The summed E-state index contributed by atoms with van der Waals surface area (Å²) in [5, 5.41) is 9.24. The second-order valence-electron chi connectivity index (χ2n) is 8.99. The molecule has 5 atom stereocenters. The monoisotopic (exact) mass is 474 g/mol. The van der Waals surface area contributed by atoms with Crippen LogP contribution in [0.25, 0.3) is 0 Å². The Kier molecular flexibility index (Phi) is 6.46. The summed E-state index contributed by atoms with van der Waals surface area (Å²) in [5.41, 5.74) is 6.95. The summed E-state index contributed by atoms with van der Waals surface area (Å²) in [4.78, 5) is 31.5. The van der Waals surface area contributed by atoms with E-state index in [1.54, 1.807) is 17.0 Å². The number of carbonyl (C=O) groups is 2. The number of nitriles is 1. The molecule has 2 bridgehead atoms. The zero-order valence-electron chi connectivity index (χ0n) is 18.8. The Labute approximate surface area is 194 Å². The number of carbonyl (C=O) groups excluding carboxylic acids is 2. The first kappa shape index (κ1) is 23.6. The summed E-state index contributed by atoms with van der Waals surface area (Å²) < 4.78 is 26.6. The zero-order valence-corrected chi connectivity index (χ0v) is 19.7. The first-order valence-corrected chi connectivity index (χ1v) is 12.7. The van der Waals surface area contributed by atoms with Crippen molar-refractivity contribution in [3.8, 4) is 6.07 Å². The lowest BCUT2D eigenvalue weighted by molar-refractivity contribution is -0.141. The van der Waals surface area contributed by atoms with Gasteiger partial charge in [-0.2, -0.15) is 5.26 Å². The normalized spacial score (nSPS) is 27.1. The minimum absolute atomic E-state index is 0.0250. The number of piperazine rings is 1. The van der Waals surface area contributed by atoms with E-state index in [1.807, 2.05) is 22.8 Å². The van der Waals surface area contributed by atoms with Crippen LogP contribution in [-0.4, -0.2) is 85.8 Å². The van der Waals surface area contributed by atoms with Gasteiger partial charge in [-0.25, -0.2) is 13.1 Å². The first-order chi connectivity index (χ1) is 15.7. The summed E-state index contributed by atoms with van der Waals surface area (Å²) in [6.07, 6.45) is 2.13. The van der Waals surface area contributed by atoms with Gasteiger partial charge in [-0.15, -0.1) is 0 Å². The highest BCUT2D eigenvalue weighted by Crippen LogP contribution is 2.38. The van der Waals surface area contributed by atoms with Gasteiger partial charge in [0.05, 0.1) is 29.1 Å². The number of nitrogens with zero attached hydrogens (tertiary/aromatic N) is 4. The smallest absolute Gasteiger partial charge is 0.241 e. The van der Waals surface area contributed by atoms with Crippen molar-refractivity contribution in [1.82, 2.24) is 19.4 Å². The minimum Gasteiger partial charge on any atom is -0.330 e. The third-order valence-electron chi connectivity index (χ3n) is 7.08. The van der Waals surface area contributed by atoms with Gasteiger partial charge in [0.15, 0.2) is 0 Å². The Morgan fingerprint density at radius 2 is 2.15 bits per heavy atom. The maximum Gasteiger partial charge on any atom is 0.241 e. The van der Waals surface area contributed by atoms with E-state index in [9.17, 15) is 23.3 Å². The van der Waals surface area contributed by atoms with Crippen LogP contribution < -0.4 is 10.5 Å². The fourth-order valence-corrected chi connectivity index (χ4v) is 6.11. The lowest BCUT2D eigenvalue weighted by Crippen LogP contribution is -2.56. The van der Waals surface area contributed by atoms with Crippen LogP contribution >= 0.6 is 0 Å². The molecule has 0 aliphatic carbocycles. The molecule has 1 aromatic carbocycles. The van der Waals surface area contributed by atoms with Crippen molar-refractivity contribution in [1.29, 1.82) is 5.26 Å². The molecule has 178 valence electrons. The van der Waals surface area contributed by atoms with E-state index < -0.39 is 22.1 Å². The number of fused-ring (bicyclic) bond motifs is 2. The van der Waals surface area contributed by atoms with Crippen LogP contribution in [0.4, 0.5) is 0 Å². The SMILES string of the molecule is CNS(=O)(=O)c1cccc([C@@H](C)N2C(=O)[C@H]3C[C@@H]2CN3C[C@H](N)C(=O)N2CCC[C@H]2C#N)c1. The summed E-state index contributed by atoms with van der Waals surface area (Å²) in [6, 6.07) is 6.95. The molecule has 3 aliphatic rings. The number of hydrogen-bond donors (Lipinski definition) is 2. The lowest BCUT2D eigenvalue weighted by Gasteiger charge is -2.38. The molecule has 33 heavy (non-hydrogen) atoms. The van der Waals surface area contributed by atoms with Gasteiger partial charge in [0.2, 0.25) is 21.8 Å². The summed E-state index contributed by atoms with van der Waals surface area (Å²) in [6.45, 7) is 3.33. The summed E-state index contributed by atoms with van der Waals surface area (Å²) in [5.74, 6) is -0.265. The van der Waals surface area contributed by atoms with Crippen molar-refractivity contribution in [2.24, 2.45) is 5.73 Å². The molecule has 3 heterocycles. The van der Waals surface area contributed by atoms with Crippen molar-refractivity contribution >= 4 is 21.8 Å². The zero-order chi connectivity index (χ0) is 23.9. The molecule has 3 N–H and O–H groups in total. The standard InChI is InChI=1S/C22H30N6O4S/c1-14(15-5-3-7-18(9-15)33(31,32)25-2)28-17-10-20(22(28)30)26(12-17)13-19(24)21(29)27-8-4-6-16(27)11-23/h3,5,7,9,14,16-17,19-20,25H,4,6,8,10,12-13,24H2,1-2H3/t14-,16+,17-,19+,20-/m1/s1. The second kappa shape index (κ2) is 9.02. The van der Waals surface area contributed by atoms with Crippen molar-refractivity contribution in [2.75, 3.05) is 26.7 Å². The topological polar surface area (TPSA) is 140 Å². The number of amides is 2. The molecular weight excluding hydrogens is 444 g/mol. The van der Waals surface area contributed by atoms with E-state index >= 15 is 0 Å². The van der Waals surface area contributed by atoms with E-state index in [1.165, 1.54) is 13.1 Å². The Balaban J connectivity index is 1.42. The van der Waals surface area contributed by atoms with Crippen molar-refractivity contribution in [3.05, 3.63) is 29.8 Å². The van der Waals surface area contributed by atoms with Crippen LogP contribution in [-0.2, 0) is 19.6 Å². The number of nitrogens with two attached hydrogens (primary N) is 1. The minimum atomic E-state index is -3.58. The molecule has 4 rings (SSSR count). The molecule has 10 nitrogen and oxygen atoms in total. The molecule has 0 unspecified atom stereocenters. The van der Waals surface area contributed by atoms with Crippen LogP contribution in [0, 0.1) is 11.3 Å². The average molecular weight is 475 g/mol. The van der Waals surface area contributed by atoms with Gasteiger partial charge < -0.3 is 15.5 Å². The molecule has 3 saturated heterocycles. The van der Waals surface area contributed by atoms with Crippen molar-refractivity contribution in [3.63, 3.8) is 0 Å². The Bertz CT molecular complexity index is 1090. The molecule has 0 aromatic heterocycles. The Hall–Kier alpha value is -2.52. The van der Waals surface area contributed by atoms with Crippen LogP contribution in [0.3, 0.4) is 0 Å². The highest BCUT2D eigenvalue weighted by Gasteiger charge is 2.51. The van der Waals surface area contributed by atoms with Gasteiger partial charge in [-0.1, -0.05) is 12.1 Å². The van der Waals surface area contributed by atoms with E-state index in [0.29, 0.717) is 25.9 Å². The molecule has 0 radical (unpaired) electrons. The van der Waals surface area contributed by atoms with Gasteiger partial charge in [0.1, 0.15) is 6.04 Å². The maximum absolute atomic E-state index is 13.2. The molecular formula is C22H30N6O4S. The van der Waals surface area contributed by atoms with E-state index in [0.717, 1.165) is 12.0 Å². The molecule has 0 saturated carbocycles. The molecule has 0 spiro atoms. The maximum atomic E-state index is 13.2. The predicted octanol–water partition coefficient (Wildman–Crippen LogP) is -0.217. The quantitative estimate of drug-likeness (QED) is 0.557. The lowest BCUT2D eigenvalue weighted by atomic mass is 10.1. The van der Waals surface area contributed by atoms with Gasteiger partial charge in [-0.3, -0.25) is 14.5 Å². The van der Waals surface area contributed by atoms with Crippen molar-refractivity contribution in [2.45, 2.75) is 61.3 Å².